The number of rotatable bonds is 7. The lowest BCUT2D eigenvalue weighted by Crippen LogP contribution is -2.34. The summed E-state index contributed by atoms with van der Waals surface area (Å²) >= 11 is 5.25. The van der Waals surface area contributed by atoms with Crippen LogP contribution in [0.3, 0.4) is 0 Å². The van der Waals surface area contributed by atoms with Crippen LogP contribution in [-0.2, 0) is 0 Å². The number of carbonyl (C=O) groups is 2. The molecule has 0 aliphatic rings. The van der Waals surface area contributed by atoms with E-state index in [0.29, 0.717) is 34.9 Å². The molecule has 0 saturated carbocycles. The average molecular weight is 452 g/mol. The molecule has 0 aliphatic carbocycles. The van der Waals surface area contributed by atoms with Crippen molar-refractivity contribution in [3.8, 4) is 5.75 Å². The smallest absolute Gasteiger partial charge is 0.261 e. The fourth-order valence-electron chi connectivity index (χ4n) is 2.80. The summed E-state index contributed by atoms with van der Waals surface area (Å²) in [7, 11) is 0. The minimum absolute atomic E-state index is 0.0800. The van der Waals surface area contributed by atoms with Gasteiger partial charge in [-0.25, -0.2) is 4.39 Å². The van der Waals surface area contributed by atoms with E-state index in [9.17, 15) is 14.0 Å². The van der Waals surface area contributed by atoms with Crippen molar-refractivity contribution in [1.82, 2.24) is 5.32 Å². The van der Waals surface area contributed by atoms with Gasteiger partial charge in [-0.1, -0.05) is 25.1 Å². The molecule has 0 atom stereocenters. The van der Waals surface area contributed by atoms with E-state index in [1.165, 1.54) is 24.3 Å². The highest BCUT2D eigenvalue weighted by molar-refractivity contribution is 7.80. The van der Waals surface area contributed by atoms with E-state index in [-0.39, 0.29) is 16.8 Å². The molecule has 2 amide bonds. The van der Waals surface area contributed by atoms with Gasteiger partial charge in [-0.3, -0.25) is 14.9 Å². The van der Waals surface area contributed by atoms with Gasteiger partial charge < -0.3 is 15.4 Å². The largest absolute Gasteiger partial charge is 0.493 e. The molecular weight excluding hydrogens is 429 g/mol. The molecule has 0 saturated heterocycles. The van der Waals surface area contributed by atoms with Crippen LogP contribution in [0.25, 0.3) is 0 Å². The van der Waals surface area contributed by atoms with Crippen molar-refractivity contribution < 1.29 is 18.7 Å². The van der Waals surface area contributed by atoms with E-state index >= 15 is 0 Å². The number of benzene rings is 3. The first-order valence-corrected chi connectivity index (χ1v) is 10.4. The molecule has 0 aliphatic heterocycles. The Morgan fingerprint density at radius 1 is 0.906 bits per heavy atom. The number of thiocarbonyl (C=S) groups is 1. The maximum absolute atomic E-state index is 13.0. The minimum atomic E-state index is -0.403. The van der Waals surface area contributed by atoms with Gasteiger partial charge >= 0.3 is 0 Å². The van der Waals surface area contributed by atoms with Crippen LogP contribution < -0.4 is 20.7 Å². The third kappa shape index (κ3) is 6.36. The van der Waals surface area contributed by atoms with Crippen LogP contribution in [0.5, 0.6) is 5.75 Å². The van der Waals surface area contributed by atoms with Gasteiger partial charge in [0.05, 0.1) is 12.2 Å². The molecule has 0 unspecified atom stereocenters. The molecule has 32 heavy (non-hydrogen) atoms. The lowest BCUT2D eigenvalue weighted by molar-refractivity contribution is 0.0972. The van der Waals surface area contributed by atoms with Crippen LogP contribution in [0.2, 0.25) is 0 Å². The number of nitrogens with one attached hydrogen (secondary N) is 3. The summed E-state index contributed by atoms with van der Waals surface area (Å²) in [4.78, 5) is 25.1. The molecule has 0 spiro atoms. The van der Waals surface area contributed by atoms with Gasteiger partial charge in [-0.05, 0) is 73.2 Å². The van der Waals surface area contributed by atoms with Crippen LogP contribution in [0.4, 0.5) is 15.8 Å². The topological polar surface area (TPSA) is 79.5 Å². The number of ether oxygens (including phenoxy) is 1. The zero-order valence-electron chi connectivity index (χ0n) is 17.4. The summed E-state index contributed by atoms with van der Waals surface area (Å²) in [6.07, 6.45) is 0.820. The molecule has 3 aromatic carbocycles. The van der Waals surface area contributed by atoms with Crippen molar-refractivity contribution in [3.63, 3.8) is 0 Å². The van der Waals surface area contributed by atoms with E-state index in [4.69, 9.17) is 17.0 Å². The molecule has 0 bridgehead atoms. The zero-order chi connectivity index (χ0) is 22.9. The summed E-state index contributed by atoms with van der Waals surface area (Å²) in [5.74, 6) is -0.671. The number of anilines is 2. The van der Waals surface area contributed by atoms with Gasteiger partial charge in [0, 0.05) is 16.9 Å². The number of amides is 2. The fourth-order valence-corrected chi connectivity index (χ4v) is 3.01. The third-order valence-corrected chi connectivity index (χ3v) is 4.51. The highest BCUT2D eigenvalue weighted by Crippen LogP contribution is 2.18. The van der Waals surface area contributed by atoms with Crippen molar-refractivity contribution in [3.05, 3.63) is 89.7 Å². The Morgan fingerprint density at radius 3 is 2.41 bits per heavy atom. The maximum Gasteiger partial charge on any atom is 0.261 e. The molecule has 6 nitrogen and oxygen atoms in total. The van der Waals surface area contributed by atoms with Gasteiger partial charge in [-0.2, -0.15) is 0 Å². The SMILES string of the molecule is CCCOc1ccccc1C(=O)NC(=S)Nc1cccc(C(=O)Nc2ccc(F)cc2)c1. The van der Waals surface area contributed by atoms with E-state index in [1.54, 1.807) is 48.5 Å². The second kappa shape index (κ2) is 11.0. The molecular formula is C24H22FN3O3S. The monoisotopic (exact) mass is 451 g/mol. The summed E-state index contributed by atoms with van der Waals surface area (Å²) in [6, 6.07) is 19.0. The first-order valence-electron chi connectivity index (χ1n) is 9.97. The standard InChI is InChI=1S/C24H22FN3O3S/c1-2-14-31-21-9-4-3-8-20(21)23(30)28-24(32)27-19-7-5-6-16(15-19)22(29)26-18-12-10-17(25)11-13-18/h3-13,15H,2,14H2,1H3,(H,26,29)(H2,27,28,30,32). The van der Waals surface area contributed by atoms with Crippen molar-refractivity contribution in [2.75, 3.05) is 17.2 Å². The first-order chi connectivity index (χ1) is 15.5. The minimum Gasteiger partial charge on any atom is -0.493 e. The lowest BCUT2D eigenvalue weighted by Gasteiger charge is -2.13. The summed E-state index contributed by atoms with van der Waals surface area (Å²) in [5.41, 5.74) is 1.74. The van der Waals surface area contributed by atoms with E-state index in [1.807, 2.05) is 6.92 Å². The van der Waals surface area contributed by atoms with Crippen LogP contribution in [-0.4, -0.2) is 23.5 Å². The molecule has 0 fully saturated rings. The van der Waals surface area contributed by atoms with Crippen LogP contribution >= 0.6 is 12.2 Å². The van der Waals surface area contributed by atoms with Crippen molar-refractivity contribution in [2.45, 2.75) is 13.3 Å². The second-order valence-corrected chi connectivity index (χ2v) is 7.20. The quantitative estimate of drug-likeness (QED) is 0.441. The average Bonchev–Trinajstić information content (AvgIpc) is 2.79. The molecule has 0 radical (unpaired) electrons. The summed E-state index contributed by atoms with van der Waals surface area (Å²) in [5, 5.41) is 8.29. The van der Waals surface area contributed by atoms with Gasteiger partial charge in [0.1, 0.15) is 11.6 Å². The number of carbonyl (C=O) groups excluding carboxylic acids is 2. The Kier molecular flexibility index (Phi) is 7.88. The Hall–Kier alpha value is -3.78. The highest BCUT2D eigenvalue weighted by Gasteiger charge is 2.14. The summed E-state index contributed by atoms with van der Waals surface area (Å²) in [6.45, 7) is 2.48. The maximum atomic E-state index is 13.0. The van der Waals surface area contributed by atoms with Crippen molar-refractivity contribution >= 4 is 40.5 Å². The molecule has 0 aromatic heterocycles. The molecule has 3 rings (SSSR count). The predicted molar refractivity (Wildman–Crippen MR) is 127 cm³/mol. The summed E-state index contributed by atoms with van der Waals surface area (Å²) < 4.78 is 18.6. The number of hydrogen-bond acceptors (Lipinski definition) is 4. The molecule has 164 valence electrons. The third-order valence-electron chi connectivity index (χ3n) is 4.31. The Balaban J connectivity index is 1.63. The van der Waals surface area contributed by atoms with Gasteiger partial charge in [0.2, 0.25) is 0 Å². The van der Waals surface area contributed by atoms with Crippen LogP contribution in [0, 0.1) is 5.82 Å². The van der Waals surface area contributed by atoms with E-state index in [2.05, 4.69) is 16.0 Å². The van der Waals surface area contributed by atoms with Gasteiger partial charge in [0.15, 0.2) is 5.11 Å². The second-order valence-electron chi connectivity index (χ2n) is 6.79. The van der Waals surface area contributed by atoms with Crippen LogP contribution in [0.15, 0.2) is 72.8 Å². The number of para-hydroxylation sites is 1. The lowest BCUT2D eigenvalue weighted by atomic mass is 10.1. The fraction of sp³-hybridized carbons (Fsp3) is 0.125. The van der Waals surface area contributed by atoms with E-state index in [0.717, 1.165) is 6.42 Å². The molecule has 0 heterocycles. The highest BCUT2D eigenvalue weighted by atomic mass is 32.1. The Bertz CT molecular complexity index is 1120. The zero-order valence-corrected chi connectivity index (χ0v) is 18.2. The first kappa shape index (κ1) is 22.9. The van der Waals surface area contributed by atoms with E-state index < -0.39 is 5.91 Å². The van der Waals surface area contributed by atoms with Gasteiger partial charge in [0.25, 0.3) is 11.8 Å². The molecule has 3 N–H and O–H groups in total. The van der Waals surface area contributed by atoms with Gasteiger partial charge in [-0.15, -0.1) is 0 Å². The molecule has 8 heteroatoms. The number of hydrogen-bond donors (Lipinski definition) is 3. The van der Waals surface area contributed by atoms with Crippen LogP contribution in [0.1, 0.15) is 34.1 Å². The Morgan fingerprint density at radius 2 is 1.66 bits per heavy atom. The predicted octanol–water partition coefficient (Wildman–Crippen LogP) is 4.99. The molecule has 3 aromatic rings. The van der Waals surface area contributed by atoms with Crippen molar-refractivity contribution in [2.24, 2.45) is 0 Å². The normalized spacial score (nSPS) is 10.2. The van der Waals surface area contributed by atoms with Crippen molar-refractivity contribution in [1.29, 1.82) is 0 Å². The number of halogens is 1. The Labute approximate surface area is 190 Å².